The summed E-state index contributed by atoms with van der Waals surface area (Å²) in [4.78, 5) is 75.3. The van der Waals surface area contributed by atoms with Crippen molar-refractivity contribution < 1.29 is 72.9 Å². The van der Waals surface area contributed by atoms with Crippen molar-refractivity contribution in [2.75, 3.05) is 34.5 Å². The number of aliphatic carboxylic acids is 1. The topological polar surface area (TPSA) is 237 Å². The number of carboxylic acid groups (broad SMARTS) is 1. The fraction of sp³-hybridized carbons (Fsp3) is 0.736. The van der Waals surface area contributed by atoms with Crippen molar-refractivity contribution in [3.63, 3.8) is 0 Å². The van der Waals surface area contributed by atoms with Gasteiger partial charge in [0, 0.05) is 58.5 Å². The van der Waals surface area contributed by atoms with Crippen molar-refractivity contribution in [2.45, 2.75) is 180 Å². The molecule has 70 heavy (non-hydrogen) atoms. The summed E-state index contributed by atoms with van der Waals surface area (Å²) < 4.78 is 29.6. The predicted octanol–water partition coefficient (Wildman–Crippen LogP) is 6.07. The van der Waals surface area contributed by atoms with Crippen LogP contribution in [-0.4, -0.2) is 149 Å². The first-order chi connectivity index (χ1) is 33.1. The van der Waals surface area contributed by atoms with E-state index in [0.29, 0.717) is 69.8 Å². The van der Waals surface area contributed by atoms with Gasteiger partial charge in [0.1, 0.15) is 24.4 Å². The maximum Gasteiger partial charge on any atom is 0.344 e. The van der Waals surface area contributed by atoms with Gasteiger partial charge in [0.2, 0.25) is 12.4 Å². The lowest BCUT2D eigenvalue weighted by atomic mass is 9.78. The van der Waals surface area contributed by atoms with Crippen molar-refractivity contribution in [1.29, 1.82) is 0 Å². The van der Waals surface area contributed by atoms with Crippen molar-refractivity contribution in [1.82, 2.24) is 4.90 Å². The standard InChI is InChI=1S/C53H82N2O15/c1-31-16-12-11-13-17-32(2)43(65-8)28-39-21-19-37(7)53(64,70-39)50(61)51(62)55-23-15-14-18-41(55)52(63)69-44(34(4)26-38-20-22-42(56)45(27-38)66-9)29-40(54-68-30-46(57)58)33(3)25-36(6)48(60)49(67-10)47(59)35(5)24-31/h11-13,16-17,25,31,33-35,37-39,41-45,48-49,56,60,64H,14-15,18-24,26-30H2,1-10H3,(H,57,58)/b13-11+,16-12+,32-17+,36-25+,54-40-/t31-,33-,34-,35-,37-,38+,39+,41+,42-,43+,44+,45-,48-,49+,53-/m1/s1. The molecule has 1 amide bonds. The number of aliphatic hydroxyl groups excluding tert-OH is 2. The number of rotatable bonds is 9. The van der Waals surface area contributed by atoms with Crippen LogP contribution in [-0.2, 0) is 52.5 Å². The van der Waals surface area contributed by atoms with E-state index >= 15 is 0 Å². The summed E-state index contributed by atoms with van der Waals surface area (Å²) in [5.74, 6) is -9.18. The van der Waals surface area contributed by atoms with E-state index in [9.17, 15) is 44.4 Å². The van der Waals surface area contributed by atoms with E-state index in [2.05, 4.69) is 5.16 Å². The lowest BCUT2D eigenvalue weighted by Gasteiger charge is -2.42. The zero-order chi connectivity index (χ0) is 51.9. The quantitative estimate of drug-likeness (QED) is 0.0888. The van der Waals surface area contributed by atoms with E-state index in [1.54, 1.807) is 48.0 Å². The van der Waals surface area contributed by atoms with Crippen LogP contribution in [0.15, 0.2) is 52.8 Å². The number of esters is 1. The highest BCUT2D eigenvalue weighted by Gasteiger charge is 2.53. The van der Waals surface area contributed by atoms with E-state index in [1.165, 1.54) is 12.0 Å². The first kappa shape index (κ1) is 58.5. The molecule has 4 aliphatic rings. The molecule has 3 fully saturated rings. The Labute approximate surface area is 414 Å². The maximum atomic E-state index is 14.6. The van der Waals surface area contributed by atoms with Crippen LogP contribution in [0, 0.1) is 35.5 Å². The van der Waals surface area contributed by atoms with Crippen LogP contribution in [0.5, 0.6) is 0 Å². The number of aliphatic hydroxyl groups is 3. The number of hydrogen-bond acceptors (Lipinski definition) is 15. The zero-order valence-electron chi connectivity index (χ0n) is 43.1. The van der Waals surface area contributed by atoms with Crippen LogP contribution in [0.2, 0.25) is 0 Å². The molecule has 17 nitrogen and oxygen atoms in total. The Kier molecular flexibility index (Phi) is 23.1. The van der Waals surface area contributed by atoms with Crippen LogP contribution >= 0.6 is 0 Å². The Morgan fingerprint density at radius 1 is 0.900 bits per heavy atom. The fourth-order valence-corrected chi connectivity index (χ4v) is 10.4. The number of ether oxygens (including phenoxy) is 5. The van der Waals surface area contributed by atoms with Crippen molar-refractivity contribution in [3.8, 4) is 0 Å². The molecule has 0 aromatic rings. The minimum Gasteiger partial charge on any atom is -0.479 e. The van der Waals surface area contributed by atoms with Crippen molar-refractivity contribution in [2.24, 2.45) is 40.7 Å². The summed E-state index contributed by atoms with van der Waals surface area (Å²) >= 11 is 0. The van der Waals surface area contributed by atoms with E-state index in [-0.39, 0.29) is 54.7 Å². The van der Waals surface area contributed by atoms with Gasteiger partial charge >= 0.3 is 11.9 Å². The molecule has 2 saturated heterocycles. The number of amides is 1. The second-order valence-corrected chi connectivity index (χ2v) is 20.4. The number of piperidine rings is 1. The number of carbonyl (C=O) groups excluding carboxylic acids is 4. The third-order valence-electron chi connectivity index (χ3n) is 14.9. The van der Waals surface area contributed by atoms with Gasteiger partial charge in [0.25, 0.3) is 11.7 Å². The number of fused-ring (bicyclic) bond motifs is 3. The van der Waals surface area contributed by atoms with Gasteiger partial charge in [-0.05, 0) is 107 Å². The molecule has 3 aliphatic heterocycles. The molecule has 2 bridgehead atoms. The molecule has 1 aliphatic carbocycles. The summed E-state index contributed by atoms with van der Waals surface area (Å²) in [7, 11) is 4.49. The van der Waals surface area contributed by atoms with Crippen LogP contribution in [0.1, 0.15) is 126 Å². The summed E-state index contributed by atoms with van der Waals surface area (Å²) in [5.41, 5.74) is 1.52. The van der Waals surface area contributed by atoms with Gasteiger partial charge in [-0.3, -0.25) is 14.4 Å². The molecule has 17 heteroatoms. The Hall–Kier alpha value is -4.10. The van der Waals surface area contributed by atoms with Gasteiger partial charge in [-0.1, -0.05) is 76.2 Å². The zero-order valence-corrected chi connectivity index (χ0v) is 43.1. The second-order valence-electron chi connectivity index (χ2n) is 20.4. The first-order valence-corrected chi connectivity index (χ1v) is 25.2. The van der Waals surface area contributed by atoms with Crippen LogP contribution in [0.4, 0.5) is 0 Å². The lowest BCUT2D eigenvalue weighted by molar-refractivity contribution is -0.265. The number of cyclic esters (lactones) is 1. The van der Waals surface area contributed by atoms with Crippen molar-refractivity contribution >= 4 is 35.1 Å². The Balaban J connectivity index is 1.79. The second kappa shape index (κ2) is 27.6. The molecular weight excluding hydrogens is 905 g/mol. The summed E-state index contributed by atoms with van der Waals surface area (Å²) in [6.45, 7) is 12.0. The number of ketones is 2. The Bertz CT molecular complexity index is 1930. The summed E-state index contributed by atoms with van der Waals surface area (Å²) in [5, 5.41) is 47.9. The molecule has 1 saturated carbocycles. The number of nitrogens with zero attached hydrogens (tertiary/aromatic N) is 2. The molecule has 0 spiro atoms. The first-order valence-electron chi connectivity index (χ1n) is 25.2. The van der Waals surface area contributed by atoms with Crippen LogP contribution < -0.4 is 0 Å². The molecule has 3 heterocycles. The predicted molar refractivity (Wildman–Crippen MR) is 261 cm³/mol. The van der Waals surface area contributed by atoms with E-state index in [4.69, 9.17) is 28.5 Å². The van der Waals surface area contributed by atoms with E-state index in [0.717, 1.165) is 5.57 Å². The minimum absolute atomic E-state index is 0.0113. The monoisotopic (exact) mass is 987 g/mol. The number of methoxy groups -OCH3 is 3. The molecule has 0 aromatic heterocycles. The molecule has 4 N–H and O–H groups in total. The lowest BCUT2D eigenvalue weighted by Crippen LogP contribution is -2.61. The van der Waals surface area contributed by atoms with Crippen LogP contribution in [0.25, 0.3) is 0 Å². The van der Waals surface area contributed by atoms with Gasteiger partial charge in [0.05, 0.1) is 30.1 Å². The highest BCUT2D eigenvalue weighted by atomic mass is 16.6. The summed E-state index contributed by atoms with van der Waals surface area (Å²) in [6, 6.07) is -1.18. The van der Waals surface area contributed by atoms with Crippen molar-refractivity contribution in [3.05, 3.63) is 47.6 Å². The molecular formula is C53H82N2O15. The number of hydrogen-bond donors (Lipinski definition) is 4. The highest BCUT2D eigenvalue weighted by Crippen LogP contribution is 2.38. The molecule has 4 rings (SSSR count). The highest BCUT2D eigenvalue weighted by molar-refractivity contribution is 6.39. The number of carbonyl (C=O) groups is 5. The Morgan fingerprint density at radius 2 is 1.63 bits per heavy atom. The minimum atomic E-state index is -2.46. The normalized spacial score (nSPS) is 38.8. The number of Topliss-reactive ketones (excluding diaryl/α,β-unsaturated/α-hetero) is 2. The average molecular weight is 987 g/mol. The number of oxime groups is 1. The van der Waals surface area contributed by atoms with Gasteiger partial charge in [0.15, 0.2) is 5.78 Å². The molecule has 394 valence electrons. The fourth-order valence-electron chi connectivity index (χ4n) is 10.4. The molecule has 0 unspecified atom stereocenters. The van der Waals surface area contributed by atoms with Gasteiger partial charge in [-0.25, -0.2) is 9.59 Å². The third-order valence-corrected chi connectivity index (χ3v) is 14.9. The number of carboxylic acids is 1. The SMILES string of the molecule is CO[C@H]1C[C@@H]2CC[C@@H](C)[C@@](O)(O2)C(=O)C(=O)N2CCCC[C@H]2C(=O)O[C@H]([C@H](C)C[C@@H]2CC[C@@H](O)[C@H](OC)C2)C/C(=N/OCC(=O)O)[C@H](C)/C=C(\C)[C@@H](O)[C@@H](OC)C(=O)[C@H](C)C[C@H](C)/C=C/C=C/C=C/1C. The molecule has 0 radical (unpaired) electrons. The van der Waals surface area contributed by atoms with Crippen LogP contribution in [0.3, 0.4) is 0 Å². The van der Waals surface area contributed by atoms with E-state index < -0.39 is 96.4 Å². The van der Waals surface area contributed by atoms with Gasteiger partial charge in [-0.15, -0.1) is 0 Å². The Morgan fingerprint density at radius 3 is 2.30 bits per heavy atom. The van der Waals surface area contributed by atoms with Gasteiger partial charge < -0.3 is 53.8 Å². The summed E-state index contributed by atoms with van der Waals surface area (Å²) in [6.07, 6.45) is 10.8. The smallest absolute Gasteiger partial charge is 0.344 e. The number of allylic oxidation sites excluding steroid dienone is 6. The largest absolute Gasteiger partial charge is 0.479 e. The third kappa shape index (κ3) is 15.9. The average Bonchev–Trinajstić information content (AvgIpc) is 3.33. The molecule has 15 atom stereocenters. The van der Waals surface area contributed by atoms with E-state index in [1.807, 2.05) is 51.2 Å². The maximum absolute atomic E-state index is 14.6. The molecule has 0 aromatic carbocycles. The van der Waals surface area contributed by atoms with Gasteiger partial charge in [-0.2, -0.15) is 0 Å².